The number of nitrogens with zero attached hydrogens (tertiary/aromatic N) is 5. The monoisotopic (exact) mass is 481 g/mol. The van der Waals surface area contributed by atoms with Gasteiger partial charge in [0.05, 0.1) is 24.6 Å². The number of aryl methyl sites for hydroxylation is 2. The van der Waals surface area contributed by atoms with Crippen molar-refractivity contribution in [2.24, 2.45) is 7.05 Å². The highest BCUT2D eigenvalue weighted by atomic mass is 31.0. The summed E-state index contributed by atoms with van der Waals surface area (Å²) in [7, 11) is 3.36. The summed E-state index contributed by atoms with van der Waals surface area (Å²) in [5.41, 5.74) is -0.457. The molecule has 11 heteroatoms. The van der Waals surface area contributed by atoms with Crippen LogP contribution in [-0.2, 0) is 23.9 Å². The fraction of sp³-hybridized carbons (Fsp3) is 0.174. The van der Waals surface area contributed by atoms with E-state index in [1.54, 1.807) is 18.7 Å². The van der Waals surface area contributed by atoms with E-state index in [9.17, 15) is 13.6 Å². The van der Waals surface area contributed by atoms with E-state index >= 15 is 0 Å². The highest BCUT2D eigenvalue weighted by Gasteiger charge is 2.27. The van der Waals surface area contributed by atoms with Gasteiger partial charge in [0.2, 0.25) is 11.9 Å². The van der Waals surface area contributed by atoms with Gasteiger partial charge in [0.15, 0.2) is 5.82 Å². The molecule has 0 saturated heterocycles. The molecule has 174 valence electrons. The van der Waals surface area contributed by atoms with Gasteiger partial charge in [-0.25, -0.2) is 15.0 Å². The van der Waals surface area contributed by atoms with Gasteiger partial charge in [-0.1, -0.05) is 33.5 Å². The molecule has 2 N–H and O–H groups in total. The Kier molecular flexibility index (Phi) is 6.61. The maximum atomic E-state index is 13.7. The molecule has 34 heavy (non-hydrogen) atoms. The fourth-order valence-electron chi connectivity index (χ4n) is 3.28. The van der Waals surface area contributed by atoms with Crippen LogP contribution < -0.4 is 10.6 Å². The zero-order valence-electron chi connectivity index (χ0n) is 18.5. The second-order valence-electron chi connectivity index (χ2n) is 7.75. The Morgan fingerprint density at radius 1 is 1.06 bits per heavy atom. The summed E-state index contributed by atoms with van der Waals surface area (Å²) in [6.45, 7) is 1.50. The zero-order valence-corrected chi connectivity index (χ0v) is 19.6. The van der Waals surface area contributed by atoms with Crippen LogP contribution in [0.3, 0.4) is 0 Å². The molecule has 3 heterocycles. The molecule has 0 spiro atoms. The molecular weight excluding hydrogens is 459 g/mol. The van der Waals surface area contributed by atoms with E-state index in [-0.39, 0.29) is 29.3 Å². The Balaban J connectivity index is 1.37. The zero-order chi connectivity index (χ0) is 24.3. The van der Waals surface area contributed by atoms with Crippen molar-refractivity contribution < 1.29 is 13.6 Å². The van der Waals surface area contributed by atoms with Crippen molar-refractivity contribution in [2.45, 2.75) is 19.0 Å². The van der Waals surface area contributed by atoms with Gasteiger partial charge in [-0.05, 0) is 24.1 Å². The summed E-state index contributed by atoms with van der Waals surface area (Å²) in [4.78, 5) is 29.2. The molecule has 4 rings (SSSR count). The van der Waals surface area contributed by atoms with E-state index in [2.05, 4.69) is 30.6 Å². The van der Waals surface area contributed by atoms with Crippen LogP contribution in [0.2, 0.25) is 0 Å². The minimum atomic E-state index is -3.12. The molecule has 0 fully saturated rings. The smallest absolute Gasteiger partial charge is 0.285 e. The first-order valence-electron chi connectivity index (χ1n) is 10.3. The topological polar surface area (TPSA) is 97.6 Å². The number of pyridine rings is 1. The largest absolute Gasteiger partial charge is 0.338 e. The summed E-state index contributed by atoms with van der Waals surface area (Å²) in [5.74, 6) is 0.756. The lowest BCUT2D eigenvalue weighted by atomic mass is 10.0. The molecule has 0 bridgehead atoms. The molecular formula is C23H22F2N7OP. The van der Waals surface area contributed by atoms with Crippen LogP contribution in [0.15, 0.2) is 61.4 Å². The highest BCUT2D eigenvalue weighted by molar-refractivity contribution is 7.17. The van der Waals surface area contributed by atoms with Crippen molar-refractivity contribution in [2.75, 3.05) is 10.6 Å². The number of benzene rings is 1. The Labute approximate surface area is 197 Å². The van der Waals surface area contributed by atoms with E-state index in [4.69, 9.17) is 0 Å². The third kappa shape index (κ3) is 5.77. The van der Waals surface area contributed by atoms with Crippen molar-refractivity contribution in [1.29, 1.82) is 0 Å². The number of nitrogens with one attached hydrogen (secondary N) is 2. The van der Waals surface area contributed by atoms with Gasteiger partial charge in [0, 0.05) is 42.5 Å². The van der Waals surface area contributed by atoms with E-state index < -0.39 is 5.66 Å². The molecule has 0 aliphatic carbocycles. The second kappa shape index (κ2) is 9.61. The molecule has 0 aliphatic rings. The van der Waals surface area contributed by atoms with Gasteiger partial charge in [-0.3, -0.25) is 9.78 Å². The Hall–Kier alpha value is -3.78. The normalized spacial score (nSPS) is 11.3. The predicted molar refractivity (Wildman–Crippen MR) is 129 cm³/mol. The number of alkyl halides is 2. The minimum absolute atomic E-state index is 0.0875. The lowest BCUT2D eigenvalue weighted by Crippen LogP contribution is -2.16. The summed E-state index contributed by atoms with van der Waals surface area (Å²) in [6.07, 6.45) is 8.34. The number of rotatable bonds is 7. The Morgan fingerprint density at radius 2 is 1.76 bits per heavy atom. The van der Waals surface area contributed by atoms with Gasteiger partial charge in [-0.15, -0.1) is 0 Å². The van der Waals surface area contributed by atoms with Gasteiger partial charge in [0.1, 0.15) is 0 Å². The summed E-state index contributed by atoms with van der Waals surface area (Å²) in [6, 6.07) is 8.62. The quantitative estimate of drug-likeness (QED) is 0.379. The Morgan fingerprint density at radius 3 is 2.38 bits per heavy atom. The first kappa shape index (κ1) is 23.4. The van der Waals surface area contributed by atoms with Crippen LogP contribution >= 0.6 is 9.24 Å². The third-order valence-electron chi connectivity index (χ3n) is 4.98. The van der Waals surface area contributed by atoms with Gasteiger partial charge >= 0.3 is 0 Å². The van der Waals surface area contributed by atoms with Gasteiger partial charge in [-0.2, -0.15) is 8.78 Å². The lowest BCUT2D eigenvalue weighted by molar-refractivity contribution is -0.115. The number of carbonyl (C=O) groups excluding carboxylic acids is 1. The van der Waals surface area contributed by atoms with Crippen LogP contribution in [0.5, 0.6) is 0 Å². The average Bonchev–Trinajstić information content (AvgIpc) is 3.20. The van der Waals surface area contributed by atoms with E-state index in [1.165, 1.54) is 28.4 Å². The van der Waals surface area contributed by atoms with Crippen molar-refractivity contribution in [1.82, 2.24) is 24.5 Å². The van der Waals surface area contributed by atoms with Crippen LogP contribution in [-0.4, -0.2) is 30.4 Å². The van der Waals surface area contributed by atoms with Crippen LogP contribution in [0.25, 0.3) is 11.1 Å². The van der Waals surface area contributed by atoms with Gasteiger partial charge < -0.3 is 15.2 Å². The fourth-order valence-corrected chi connectivity index (χ4v) is 3.57. The van der Waals surface area contributed by atoms with Crippen molar-refractivity contribution >= 4 is 32.6 Å². The summed E-state index contributed by atoms with van der Waals surface area (Å²) in [5, 5.41) is 5.65. The molecule has 1 unspecified atom stereocenters. The highest BCUT2D eigenvalue weighted by Crippen LogP contribution is 2.37. The summed E-state index contributed by atoms with van der Waals surface area (Å²) < 4.78 is 29.2. The maximum Gasteiger partial charge on any atom is 0.285 e. The van der Waals surface area contributed by atoms with Crippen molar-refractivity contribution in [3.05, 3.63) is 78.3 Å². The summed E-state index contributed by atoms with van der Waals surface area (Å²) >= 11 is 0. The molecule has 4 aromatic rings. The molecule has 3 aromatic heterocycles. The van der Waals surface area contributed by atoms with E-state index in [0.717, 1.165) is 16.7 Å². The van der Waals surface area contributed by atoms with Gasteiger partial charge in [0.25, 0.3) is 5.66 Å². The average molecular weight is 481 g/mol. The first-order chi connectivity index (χ1) is 16.2. The van der Waals surface area contributed by atoms with Crippen LogP contribution in [0, 0.1) is 6.92 Å². The molecule has 0 radical (unpaired) electrons. The SMILES string of the molecule is Cc1ncc(NC(=O)Cc2ccc(-c3cnc(Nc4cn(C)cn4)nc3)cc2)cc1C(F)(F)P. The molecule has 1 aromatic carbocycles. The number of hydrogen-bond donors (Lipinski definition) is 2. The lowest BCUT2D eigenvalue weighted by Gasteiger charge is -2.14. The Bertz CT molecular complexity index is 1300. The van der Waals surface area contributed by atoms with E-state index in [1.807, 2.05) is 42.1 Å². The van der Waals surface area contributed by atoms with Crippen LogP contribution in [0.4, 0.5) is 26.2 Å². The number of imidazole rings is 1. The molecule has 1 atom stereocenters. The number of amides is 1. The number of carbonyl (C=O) groups is 1. The number of anilines is 3. The first-order valence-corrected chi connectivity index (χ1v) is 10.8. The minimum Gasteiger partial charge on any atom is -0.338 e. The number of aromatic nitrogens is 5. The maximum absolute atomic E-state index is 13.7. The third-order valence-corrected chi connectivity index (χ3v) is 5.29. The molecule has 0 aliphatic heterocycles. The second-order valence-corrected chi connectivity index (χ2v) is 8.47. The van der Waals surface area contributed by atoms with E-state index in [0.29, 0.717) is 11.8 Å². The number of halogens is 2. The molecule has 1 amide bonds. The van der Waals surface area contributed by atoms with Crippen molar-refractivity contribution in [3.63, 3.8) is 0 Å². The molecule has 0 saturated carbocycles. The number of hydrogen-bond acceptors (Lipinski definition) is 6. The van der Waals surface area contributed by atoms with Crippen LogP contribution in [0.1, 0.15) is 16.8 Å². The molecule has 8 nitrogen and oxygen atoms in total. The van der Waals surface area contributed by atoms with Crippen molar-refractivity contribution in [3.8, 4) is 11.1 Å². The standard InChI is InChI=1S/C23H22F2N7OP/c1-14-19(23(24,25)34)8-18(11-26-14)30-21(33)7-15-3-5-16(6-4-15)17-9-27-22(28-10-17)31-20-12-32(2)13-29-20/h3-6,8-13H,7,34H2,1-2H3,(H,30,33)(H,27,28,31). The predicted octanol–water partition coefficient (Wildman–Crippen LogP) is 4.43.